The number of para-hydroxylation sites is 1. The smallest absolute Gasteiger partial charge is 0.322 e. The highest BCUT2D eigenvalue weighted by Gasteiger charge is 2.45. The molecule has 1 spiro atoms. The topological polar surface area (TPSA) is 81.7 Å². The molecular weight excluding hydrogens is 380 g/mol. The number of aryl methyl sites for hydroxylation is 1. The van der Waals surface area contributed by atoms with Crippen LogP contribution in [0.15, 0.2) is 36.5 Å². The van der Waals surface area contributed by atoms with Crippen molar-refractivity contribution in [3.63, 3.8) is 0 Å². The molecule has 1 aromatic carbocycles. The molecule has 1 saturated heterocycles. The quantitative estimate of drug-likeness (QED) is 0.787. The average molecular weight is 409 g/mol. The van der Waals surface area contributed by atoms with E-state index in [1.165, 1.54) is 0 Å². The van der Waals surface area contributed by atoms with Crippen LogP contribution in [-0.4, -0.2) is 70.5 Å². The number of aromatic nitrogens is 2. The maximum absolute atomic E-state index is 13.0. The fraction of sp³-hybridized carbons (Fsp3) is 0.455. The Morgan fingerprint density at radius 1 is 1.10 bits per heavy atom. The summed E-state index contributed by atoms with van der Waals surface area (Å²) in [6.07, 6.45) is 3.38. The Balaban J connectivity index is 1.59. The van der Waals surface area contributed by atoms with Crippen molar-refractivity contribution in [3.05, 3.63) is 53.6 Å². The molecule has 0 bridgehead atoms. The molecule has 30 heavy (non-hydrogen) atoms. The van der Waals surface area contributed by atoms with Gasteiger partial charge in [-0.05, 0) is 31.9 Å². The van der Waals surface area contributed by atoms with E-state index < -0.39 is 0 Å². The van der Waals surface area contributed by atoms with E-state index in [-0.39, 0.29) is 17.5 Å². The van der Waals surface area contributed by atoms with E-state index >= 15 is 0 Å². The standard InChI is InChI=1S/C22H28N6O2/c1-16-23-13-17-14-28(20(29)25-18-7-5-4-6-8-18)15-22(19(17)24-16)9-11-27(12-10-22)21(30)26(2)3/h4-8,13H,9-12,14-15H2,1-3H3,(H,25,29). The maximum Gasteiger partial charge on any atom is 0.322 e. The van der Waals surface area contributed by atoms with Crippen LogP contribution in [0, 0.1) is 6.92 Å². The molecule has 0 radical (unpaired) electrons. The lowest BCUT2D eigenvalue weighted by Crippen LogP contribution is -2.56. The zero-order chi connectivity index (χ0) is 21.3. The Hall–Kier alpha value is -3.16. The highest BCUT2D eigenvalue weighted by Crippen LogP contribution is 2.41. The van der Waals surface area contributed by atoms with Crippen LogP contribution in [0.1, 0.15) is 29.9 Å². The fourth-order valence-electron chi connectivity index (χ4n) is 4.44. The molecule has 8 heteroatoms. The van der Waals surface area contributed by atoms with Gasteiger partial charge in [-0.15, -0.1) is 0 Å². The van der Waals surface area contributed by atoms with Gasteiger partial charge in [0.2, 0.25) is 0 Å². The van der Waals surface area contributed by atoms with Crippen molar-refractivity contribution in [2.75, 3.05) is 39.0 Å². The minimum absolute atomic E-state index is 0.0263. The molecule has 158 valence electrons. The van der Waals surface area contributed by atoms with Crippen molar-refractivity contribution in [3.8, 4) is 0 Å². The molecule has 8 nitrogen and oxygen atoms in total. The summed E-state index contributed by atoms with van der Waals surface area (Å²) in [6.45, 7) is 4.25. The Morgan fingerprint density at radius 3 is 2.47 bits per heavy atom. The number of amides is 4. The number of likely N-dealkylation sites (tertiary alicyclic amines) is 1. The van der Waals surface area contributed by atoms with Gasteiger partial charge in [-0.25, -0.2) is 19.6 Å². The normalized spacial score (nSPS) is 17.4. The zero-order valence-corrected chi connectivity index (χ0v) is 17.8. The molecular formula is C22H28N6O2. The Labute approximate surface area is 176 Å². The number of benzene rings is 1. The summed E-state index contributed by atoms with van der Waals surface area (Å²) in [4.78, 5) is 39.9. The molecule has 4 rings (SSSR count). The first-order chi connectivity index (χ1) is 14.4. The SMILES string of the molecule is Cc1ncc2c(n1)C1(CCN(C(=O)N(C)C)CC1)CN(C(=O)Nc1ccccc1)C2. The van der Waals surface area contributed by atoms with Gasteiger partial charge >= 0.3 is 12.1 Å². The highest BCUT2D eigenvalue weighted by molar-refractivity contribution is 5.89. The molecule has 0 saturated carbocycles. The number of nitrogens with zero attached hydrogens (tertiary/aromatic N) is 5. The van der Waals surface area contributed by atoms with Crippen molar-refractivity contribution < 1.29 is 9.59 Å². The predicted molar refractivity (Wildman–Crippen MR) is 114 cm³/mol. The predicted octanol–water partition coefficient (Wildman–Crippen LogP) is 2.85. The molecule has 3 heterocycles. The first kappa shape index (κ1) is 20.1. The minimum Gasteiger partial charge on any atom is -0.331 e. The van der Waals surface area contributed by atoms with Crippen LogP contribution in [0.25, 0.3) is 0 Å². The van der Waals surface area contributed by atoms with Crippen LogP contribution in [0.5, 0.6) is 0 Å². The zero-order valence-electron chi connectivity index (χ0n) is 17.8. The van der Waals surface area contributed by atoms with Gasteiger partial charge in [-0.1, -0.05) is 18.2 Å². The van der Waals surface area contributed by atoms with Crippen molar-refractivity contribution >= 4 is 17.7 Å². The lowest BCUT2D eigenvalue weighted by atomic mass is 9.71. The fourth-order valence-corrected chi connectivity index (χ4v) is 4.44. The van der Waals surface area contributed by atoms with Gasteiger partial charge in [0.25, 0.3) is 0 Å². The summed E-state index contributed by atoms with van der Waals surface area (Å²) in [5.41, 5.74) is 2.53. The van der Waals surface area contributed by atoms with E-state index in [9.17, 15) is 9.59 Å². The van der Waals surface area contributed by atoms with Crippen LogP contribution >= 0.6 is 0 Å². The van der Waals surface area contributed by atoms with Gasteiger partial charge in [0.05, 0.1) is 12.2 Å². The third kappa shape index (κ3) is 3.81. The number of anilines is 1. The van der Waals surface area contributed by atoms with Gasteiger partial charge in [0, 0.05) is 56.6 Å². The number of rotatable bonds is 1. The second-order valence-electron chi connectivity index (χ2n) is 8.39. The third-order valence-corrected chi connectivity index (χ3v) is 6.03. The van der Waals surface area contributed by atoms with Crippen molar-refractivity contribution in [2.24, 2.45) is 0 Å². The molecule has 1 aromatic heterocycles. The Bertz CT molecular complexity index is 938. The highest BCUT2D eigenvalue weighted by atomic mass is 16.2. The van der Waals surface area contributed by atoms with Crippen LogP contribution in [0.4, 0.5) is 15.3 Å². The lowest BCUT2D eigenvalue weighted by molar-refractivity contribution is 0.107. The van der Waals surface area contributed by atoms with Crippen molar-refractivity contribution in [1.82, 2.24) is 24.7 Å². The van der Waals surface area contributed by atoms with E-state index in [0.717, 1.165) is 35.6 Å². The first-order valence-electron chi connectivity index (χ1n) is 10.3. The van der Waals surface area contributed by atoms with E-state index in [1.54, 1.807) is 19.0 Å². The number of piperidine rings is 1. The second kappa shape index (κ2) is 7.93. The van der Waals surface area contributed by atoms with E-state index in [0.29, 0.717) is 26.2 Å². The molecule has 2 aliphatic rings. The summed E-state index contributed by atoms with van der Waals surface area (Å²) in [7, 11) is 3.55. The van der Waals surface area contributed by atoms with Gasteiger partial charge in [0.1, 0.15) is 5.82 Å². The minimum atomic E-state index is -0.265. The second-order valence-corrected chi connectivity index (χ2v) is 8.39. The molecule has 2 aromatic rings. The molecule has 4 amide bonds. The van der Waals surface area contributed by atoms with Gasteiger partial charge < -0.3 is 20.0 Å². The van der Waals surface area contributed by atoms with Gasteiger partial charge in [-0.3, -0.25) is 0 Å². The number of nitrogens with one attached hydrogen (secondary N) is 1. The molecule has 0 atom stereocenters. The summed E-state index contributed by atoms with van der Waals surface area (Å²) < 4.78 is 0. The molecule has 2 aliphatic heterocycles. The first-order valence-corrected chi connectivity index (χ1v) is 10.3. The Morgan fingerprint density at radius 2 is 1.80 bits per heavy atom. The third-order valence-electron chi connectivity index (χ3n) is 6.03. The summed E-state index contributed by atoms with van der Waals surface area (Å²) >= 11 is 0. The average Bonchev–Trinajstić information content (AvgIpc) is 2.75. The summed E-state index contributed by atoms with van der Waals surface area (Å²) in [5, 5.41) is 2.99. The summed E-state index contributed by atoms with van der Waals surface area (Å²) in [6, 6.07) is 9.38. The number of urea groups is 2. The Kier molecular flexibility index (Phi) is 5.32. The lowest BCUT2D eigenvalue weighted by Gasteiger charge is -2.47. The van der Waals surface area contributed by atoms with Crippen LogP contribution in [-0.2, 0) is 12.0 Å². The molecule has 0 aliphatic carbocycles. The van der Waals surface area contributed by atoms with E-state index in [1.807, 2.05) is 53.3 Å². The number of carbonyl (C=O) groups excluding carboxylic acids is 2. The monoisotopic (exact) mass is 408 g/mol. The number of carbonyl (C=O) groups is 2. The maximum atomic E-state index is 13.0. The van der Waals surface area contributed by atoms with E-state index in [2.05, 4.69) is 10.3 Å². The molecule has 0 unspecified atom stereocenters. The number of fused-ring (bicyclic) bond motifs is 2. The molecule has 1 fully saturated rings. The van der Waals surface area contributed by atoms with Gasteiger partial charge in [0.15, 0.2) is 0 Å². The van der Waals surface area contributed by atoms with Gasteiger partial charge in [-0.2, -0.15) is 0 Å². The largest absolute Gasteiger partial charge is 0.331 e. The van der Waals surface area contributed by atoms with E-state index in [4.69, 9.17) is 4.98 Å². The summed E-state index contributed by atoms with van der Waals surface area (Å²) in [5.74, 6) is 0.738. The molecule has 1 N–H and O–H groups in total. The van der Waals surface area contributed by atoms with Crippen LogP contribution < -0.4 is 5.32 Å². The van der Waals surface area contributed by atoms with Crippen LogP contribution in [0.3, 0.4) is 0 Å². The number of hydrogen-bond acceptors (Lipinski definition) is 4. The number of hydrogen-bond donors (Lipinski definition) is 1. The van der Waals surface area contributed by atoms with Crippen molar-refractivity contribution in [2.45, 2.75) is 31.7 Å². The van der Waals surface area contributed by atoms with Crippen LogP contribution in [0.2, 0.25) is 0 Å². The van der Waals surface area contributed by atoms with Crippen molar-refractivity contribution in [1.29, 1.82) is 0 Å².